The largest absolute Gasteiger partial charge is 0.430 e. The van der Waals surface area contributed by atoms with Gasteiger partial charge in [0.15, 0.2) is 0 Å². The molecular formula is C23H26F6N2O4S2. The van der Waals surface area contributed by atoms with Crippen LogP contribution >= 0.6 is 11.3 Å². The van der Waals surface area contributed by atoms with E-state index in [1.165, 1.54) is 10.4 Å². The van der Waals surface area contributed by atoms with Gasteiger partial charge in [-0.05, 0) is 48.8 Å². The van der Waals surface area contributed by atoms with E-state index >= 15 is 0 Å². The summed E-state index contributed by atoms with van der Waals surface area (Å²) in [5, 5.41) is 11.4. The number of piperazine rings is 1. The molecule has 2 fully saturated rings. The lowest BCUT2D eigenvalue weighted by molar-refractivity contribution is -0.376. The number of halogens is 6. The lowest BCUT2D eigenvalue weighted by Gasteiger charge is -2.44. The minimum atomic E-state index is -5.97. The first kappa shape index (κ1) is 28.1. The Morgan fingerprint density at radius 1 is 0.973 bits per heavy atom. The summed E-state index contributed by atoms with van der Waals surface area (Å²) in [6, 6.07) is 6.25. The second-order valence-electron chi connectivity index (χ2n) is 9.19. The monoisotopic (exact) mass is 572 g/mol. The van der Waals surface area contributed by atoms with Crippen molar-refractivity contribution < 1.29 is 44.6 Å². The van der Waals surface area contributed by atoms with Crippen molar-refractivity contribution in [2.45, 2.75) is 47.5 Å². The highest BCUT2D eigenvalue weighted by Gasteiger charge is 2.71. The fourth-order valence-electron chi connectivity index (χ4n) is 4.87. The smallest absolute Gasteiger partial charge is 0.381 e. The molecule has 2 saturated heterocycles. The van der Waals surface area contributed by atoms with E-state index in [9.17, 15) is 39.9 Å². The maximum atomic E-state index is 13.3. The Morgan fingerprint density at radius 2 is 1.59 bits per heavy atom. The van der Waals surface area contributed by atoms with Crippen LogP contribution in [0.15, 0.2) is 46.0 Å². The number of alkyl halides is 6. The second kappa shape index (κ2) is 10.4. The third-order valence-electron chi connectivity index (χ3n) is 6.92. The normalized spacial score (nSPS) is 21.4. The molecule has 37 heavy (non-hydrogen) atoms. The Hall–Kier alpha value is -1.87. The van der Waals surface area contributed by atoms with Crippen molar-refractivity contribution in [2.75, 3.05) is 37.7 Å². The van der Waals surface area contributed by atoms with Gasteiger partial charge < -0.3 is 14.7 Å². The van der Waals surface area contributed by atoms with Crippen LogP contribution in [0, 0.1) is 5.92 Å². The summed E-state index contributed by atoms with van der Waals surface area (Å²) >= 11 is 1.10. The van der Waals surface area contributed by atoms with Crippen LogP contribution in [0.1, 0.15) is 24.8 Å². The number of ether oxygens (including phenoxy) is 1. The van der Waals surface area contributed by atoms with Crippen LogP contribution < -0.4 is 4.90 Å². The fourth-order valence-corrected chi connectivity index (χ4v) is 7.49. The zero-order valence-electron chi connectivity index (χ0n) is 19.5. The van der Waals surface area contributed by atoms with Crippen LogP contribution in [-0.2, 0) is 20.4 Å². The van der Waals surface area contributed by atoms with Gasteiger partial charge in [-0.25, -0.2) is 8.42 Å². The standard InChI is InChI=1S/C23H26F6N2O4S2/c24-22(25,26)21(32,23(27,28)29)17-3-5-18(6-4-17)31-10-9-30(37(33,34)20-2-1-13-36-20)15-19(31)14-16-7-11-35-12-8-16/h1-6,13,16,19,32H,7-12,14-15H2/t19-/m0/s1. The van der Waals surface area contributed by atoms with Crippen LogP contribution in [0.2, 0.25) is 0 Å². The number of thiophene rings is 1. The minimum absolute atomic E-state index is 0.0985. The van der Waals surface area contributed by atoms with E-state index in [0.29, 0.717) is 37.5 Å². The summed E-state index contributed by atoms with van der Waals surface area (Å²) in [4.78, 5) is 1.82. The van der Waals surface area contributed by atoms with Crippen molar-refractivity contribution in [3.63, 3.8) is 0 Å². The Kier molecular flexibility index (Phi) is 7.88. The quantitative estimate of drug-likeness (QED) is 0.506. The van der Waals surface area contributed by atoms with Gasteiger partial charge in [-0.3, -0.25) is 0 Å². The number of benzene rings is 1. The molecule has 0 aliphatic carbocycles. The van der Waals surface area contributed by atoms with E-state index in [0.717, 1.165) is 36.3 Å². The molecule has 14 heteroatoms. The first-order valence-corrected chi connectivity index (χ1v) is 13.9. The Labute approximate surface area is 214 Å². The molecule has 6 nitrogen and oxygen atoms in total. The first-order chi connectivity index (χ1) is 17.2. The van der Waals surface area contributed by atoms with Crippen LogP contribution in [0.4, 0.5) is 32.0 Å². The summed E-state index contributed by atoms with van der Waals surface area (Å²) < 4.78 is 113. The topological polar surface area (TPSA) is 70.1 Å². The molecule has 1 N–H and O–H groups in total. The van der Waals surface area contributed by atoms with Crippen molar-refractivity contribution >= 4 is 27.0 Å². The maximum Gasteiger partial charge on any atom is 0.430 e. The van der Waals surface area contributed by atoms with Gasteiger partial charge in [-0.2, -0.15) is 30.6 Å². The average molecular weight is 573 g/mol. The summed E-state index contributed by atoms with van der Waals surface area (Å²) in [5.41, 5.74) is -6.00. The van der Waals surface area contributed by atoms with E-state index in [-0.39, 0.29) is 35.8 Å². The van der Waals surface area contributed by atoms with Crippen molar-refractivity contribution in [1.29, 1.82) is 0 Å². The van der Waals surface area contributed by atoms with Gasteiger partial charge in [0.05, 0.1) is 0 Å². The number of rotatable bonds is 6. The summed E-state index contributed by atoms with van der Waals surface area (Å²) in [5.74, 6) is 0.227. The highest BCUT2D eigenvalue weighted by Crippen LogP contribution is 2.50. The molecule has 1 aromatic heterocycles. The number of hydrogen-bond donors (Lipinski definition) is 1. The van der Waals surface area contributed by atoms with Crippen molar-refractivity contribution in [3.8, 4) is 0 Å². The van der Waals surface area contributed by atoms with E-state index in [1.807, 2.05) is 4.90 Å². The molecule has 2 aliphatic rings. The van der Waals surface area contributed by atoms with Crippen molar-refractivity contribution in [2.24, 2.45) is 5.92 Å². The number of hydrogen-bond acceptors (Lipinski definition) is 6. The minimum Gasteiger partial charge on any atom is -0.381 e. The molecular weight excluding hydrogens is 546 g/mol. The Morgan fingerprint density at radius 3 is 2.14 bits per heavy atom. The van der Waals surface area contributed by atoms with Crippen molar-refractivity contribution in [1.82, 2.24) is 4.31 Å². The van der Waals surface area contributed by atoms with Gasteiger partial charge in [0, 0.05) is 50.1 Å². The second-order valence-corrected chi connectivity index (χ2v) is 12.3. The molecule has 0 saturated carbocycles. The summed E-state index contributed by atoms with van der Waals surface area (Å²) in [7, 11) is -3.74. The highest BCUT2D eigenvalue weighted by atomic mass is 32.2. The molecule has 3 heterocycles. The molecule has 4 rings (SSSR count). The third-order valence-corrected chi connectivity index (χ3v) is 10.2. The number of aliphatic hydroxyl groups is 1. The summed E-state index contributed by atoms with van der Waals surface area (Å²) in [6.45, 7) is 1.55. The third kappa shape index (κ3) is 5.49. The zero-order valence-corrected chi connectivity index (χ0v) is 21.1. The van der Waals surface area contributed by atoms with Crippen molar-refractivity contribution in [3.05, 3.63) is 47.3 Å². The summed E-state index contributed by atoms with van der Waals surface area (Å²) in [6.07, 6.45) is -9.83. The van der Waals surface area contributed by atoms with Gasteiger partial charge in [-0.1, -0.05) is 18.2 Å². The predicted molar refractivity (Wildman–Crippen MR) is 125 cm³/mol. The lowest BCUT2D eigenvalue weighted by Crippen LogP contribution is -2.55. The van der Waals surface area contributed by atoms with Gasteiger partial charge in [-0.15, -0.1) is 11.3 Å². The molecule has 0 radical (unpaired) electrons. The maximum absolute atomic E-state index is 13.3. The molecule has 0 spiro atoms. The van der Waals surface area contributed by atoms with E-state index in [4.69, 9.17) is 4.74 Å². The van der Waals surface area contributed by atoms with E-state index in [1.54, 1.807) is 11.4 Å². The molecule has 0 unspecified atom stereocenters. The predicted octanol–water partition coefficient (Wildman–Crippen LogP) is 4.76. The molecule has 206 valence electrons. The van der Waals surface area contributed by atoms with E-state index < -0.39 is 33.5 Å². The highest BCUT2D eigenvalue weighted by molar-refractivity contribution is 7.91. The number of sulfonamides is 1. The van der Waals surface area contributed by atoms with Gasteiger partial charge in [0.25, 0.3) is 15.6 Å². The van der Waals surface area contributed by atoms with Crippen LogP contribution in [0.3, 0.4) is 0 Å². The molecule has 1 aromatic carbocycles. The lowest BCUT2D eigenvalue weighted by atomic mass is 9.90. The first-order valence-electron chi connectivity index (χ1n) is 11.6. The molecule has 2 aromatic rings. The van der Waals surface area contributed by atoms with E-state index in [2.05, 4.69) is 0 Å². The van der Waals surface area contributed by atoms with Gasteiger partial charge >= 0.3 is 12.4 Å². The fraction of sp³-hybridized carbons (Fsp3) is 0.565. The van der Waals surface area contributed by atoms with Gasteiger partial charge in [0.2, 0.25) is 0 Å². The Balaban J connectivity index is 1.62. The molecule has 0 amide bonds. The molecule has 2 aliphatic heterocycles. The van der Waals surface area contributed by atoms with Crippen LogP contribution in [-0.4, -0.2) is 69.1 Å². The zero-order chi connectivity index (χ0) is 27.1. The SMILES string of the molecule is O=S(=O)(c1cccs1)N1CCN(c2ccc(C(O)(C(F)(F)F)C(F)(F)F)cc2)[C@@H](CC2CCOCC2)C1. The van der Waals surface area contributed by atoms with Crippen LogP contribution in [0.25, 0.3) is 0 Å². The average Bonchev–Trinajstić information content (AvgIpc) is 3.39. The number of anilines is 1. The number of nitrogens with zero attached hydrogens (tertiary/aromatic N) is 2. The molecule has 0 bridgehead atoms. The Bertz CT molecular complexity index is 1130. The van der Waals surface area contributed by atoms with Gasteiger partial charge in [0.1, 0.15) is 4.21 Å². The molecule has 1 atom stereocenters. The van der Waals surface area contributed by atoms with Crippen LogP contribution in [0.5, 0.6) is 0 Å².